The maximum atomic E-state index is 11.9. The molecule has 3 aromatic rings. The molecule has 0 aliphatic rings. The summed E-state index contributed by atoms with van der Waals surface area (Å²) in [5.74, 6) is 0.843. The zero-order valence-corrected chi connectivity index (χ0v) is 14.9. The summed E-state index contributed by atoms with van der Waals surface area (Å²) in [6.07, 6.45) is 7.70. The van der Waals surface area contributed by atoms with Crippen molar-refractivity contribution < 1.29 is 4.79 Å². The van der Waals surface area contributed by atoms with Crippen LogP contribution >= 0.6 is 11.3 Å². The zero-order chi connectivity index (χ0) is 17.5. The van der Waals surface area contributed by atoms with Crippen LogP contribution in [0.15, 0.2) is 54.2 Å². The van der Waals surface area contributed by atoms with Gasteiger partial charge in [-0.2, -0.15) is 0 Å². The number of hydrogen-bond donors (Lipinski definition) is 1. The Morgan fingerprint density at radius 2 is 2.16 bits per heavy atom. The first-order valence-corrected chi connectivity index (χ1v) is 9.00. The summed E-state index contributed by atoms with van der Waals surface area (Å²) in [6.45, 7) is 3.28. The fraction of sp³-hybridized carbons (Fsp3) is 0.211. The molecule has 0 radical (unpaired) electrons. The number of amides is 1. The van der Waals surface area contributed by atoms with Crippen molar-refractivity contribution in [1.29, 1.82) is 0 Å². The summed E-state index contributed by atoms with van der Waals surface area (Å²) in [7, 11) is 0. The van der Waals surface area contributed by atoms with E-state index in [1.54, 1.807) is 23.6 Å². The van der Waals surface area contributed by atoms with Crippen molar-refractivity contribution in [1.82, 2.24) is 19.9 Å². The van der Waals surface area contributed by atoms with Gasteiger partial charge in [0.05, 0.1) is 10.7 Å². The minimum absolute atomic E-state index is 0.119. The van der Waals surface area contributed by atoms with Gasteiger partial charge in [-0.3, -0.25) is 4.79 Å². The second kappa shape index (κ2) is 8.39. The van der Waals surface area contributed by atoms with Crippen LogP contribution in [0.1, 0.15) is 22.1 Å². The van der Waals surface area contributed by atoms with Gasteiger partial charge in [0, 0.05) is 43.4 Å². The summed E-state index contributed by atoms with van der Waals surface area (Å²) in [4.78, 5) is 20.6. The van der Waals surface area contributed by atoms with Crippen molar-refractivity contribution in [3.8, 4) is 0 Å². The van der Waals surface area contributed by atoms with E-state index < -0.39 is 0 Å². The molecule has 128 valence electrons. The van der Waals surface area contributed by atoms with Gasteiger partial charge in [-0.15, -0.1) is 11.3 Å². The molecule has 0 aliphatic carbocycles. The van der Waals surface area contributed by atoms with Crippen LogP contribution in [0.25, 0.3) is 6.08 Å². The Bertz CT molecular complexity index is 851. The number of nitrogens with one attached hydrogen (secondary N) is 1. The molecule has 0 unspecified atom stereocenters. The number of imidazole rings is 1. The number of aromatic nitrogens is 3. The summed E-state index contributed by atoms with van der Waals surface area (Å²) in [6, 6.07) is 10.3. The number of carbonyl (C=O) groups excluding carboxylic acids is 1. The van der Waals surface area contributed by atoms with E-state index in [0.717, 1.165) is 23.1 Å². The zero-order valence-electron chi connectivity index (χ0n) is 14.1. The molecule has 5 nitrogen and oxygen atoms in total. The number of aryl methyl sites for hydroxylation is 1. The van der Waals surface area contributed by atoms with Crippen LogP contribution in [0.3, 0.4) is 0 Å². The molecule has 2 aromatic heterocycles. The molecule has 1 amide bonds. The molecular formula is C19H20N4OS. The summed E-state index contributed by atoms with van der Waals surface area (Å²) < 4.78 is 2.11. The third-order valence-corrected chi connectivity index (χ3v) is 4.48. The quantitative estimate of drug-likeness (QED) is 0.665. The average Bonchev–Trinajstić information content (AvgIpc) is 3.23. The summed E-state index contributed by atoms with van der Waals surface area (Å²) in [5, 5.41) is 5.81. The minimum atomic E-state index is -0.119. The van der Waals surface area contributed by atoms with E-state index in [0.29, 0.717) is 13.0 Å². The fourth-order valence-corrected chi connectivity index (χ4v) is 3.05. The monoisotopic (exact) mass is 352 g/mol. The lowest BCUT2D eigenvalue weighted by Crippen LogP contribution is -2.24. The Labute approximate surface area is 151 Å². The lowest BCUT2D eigenvalue weighted by molar-refractivity contribution is -0.116. The number of benzene rings is 1. The Morgan fingerprint density at radius 1 is 1.32 bits per heavy atom. The molecule has 0 bridgehead atoms. The highest BCUT2D eigenvalue weighted by Gasteiger charge is 2.04. The highest BCUT2D eigenvalue weighted by atomic mass is 32.1. The van der Waals surface area contributed by atoms with Gasteiger partial charge in [0.1, 0.15) is 5.82 Å². The fourth-order valence-electron chi connectivity index (χ4n) is 2.47. The van der Waals surface area contributed by atoms with E-state index in [1.165, 1.54) is 11.6 Å². The molecule has 2 heterocycles. The average molecular weight is 352 g/mol. The Morgan fingerprint density at radius 3 is 2.92 bits per heavy atom. The van der Waals surface area contributed by atoms with E-state index in [-0.39, 0.29) is 5.91 Å². The first-order chi connectivity index (χ1) is 12.2. The Hall–Kier alpha value is -2.73. The molecule has 0 spiro atoms. The highest BCUT2D eigenvalue weighted by molar-refractivity contribution is 7.09. The second-order valence-electron chi connectivity index (χ2n) is 5.62. The van der Waals surface area contributed by atoms with Crippen LogP contribution in [-0.2, 0) is 17.8 Å². The van der Waals surface area contributed by atoms with Crippen LogP contribution in [0.5, 0.6) is 0 Å². The molecule has 25 heavy (non-hydrogen) atoms. The molecule has 0 fully saturated rings. The molecule has 0 saturated heterocycles. The van der Waals surface area contributed by atoms with Gasteiger partial charge in [-0.25, -0.2) is 9.97 Å². The standard InChI is InChI=1S/C19H20N4OS/c1-15-22-17(14-25-15)7-8-19(24)21-10-9-18-20-11-12-23(18)13-16-5-3-2-4-6-16/h2-8,11-12,14H,9-10,13H2,1H3,(H,21,24)/b8-7+. The highest BCUT2D eigenvalue weighted by Crippen LogP contribution is 2.09. The Kier molecular flexibility index (Phi) is 5.74. The largest absolute Gasteiger partial charge is 0.352 e. The van der Waals surface area contributed by atoms with Crippen molar-refractivity contribution in [3.63, 3.8) is 0 Å². The Balaban J connectivity index is 1.48. The van der Waals surface area contributed by atoms with Crippen LogP contribution in [0.2, 0.25) is 0 Å². The lowest BCUT2D eigenvalue weighted by Gasteiger charge is -2.08. The smallest absolute Gasteiger partial charge is 0.244 e. The van der Waals surface area contributed by atoms with Crippen LogP contribution in [-0.4, -0.2) is 27.0 Å². The van der Waals surface area contributed by atoms with Crippen molar-refractivity contribution in [3.05, 3.63) is 76.3 Å². The topological polar surface area (TPSA) is 59.8 Å². The van der Waals surface area contributed by atoms with Gasteiger partial charge in [0.15, 0.2) is 0 Å². The predicted octanol–water partition coefficient (Wildman–Crippen LogP) is 3.07. The number of hydrogen-bond acceptors (Lipinski definition) is 4. The third-order valence-electron chi connectivity index (χ3n) is 3.69. The first-order valence-electron chi connectivity index (χ1n) is 8.13. The van der Waals surface area contributed by atoms with Crippen molar-refractivity contribution in [2.45, 2.75) is 19.9 Å². The minimum Gasteiger partial charge on any atom is -0.352 e. The molecule has 1 aromatic carbocycles. The maximum Gasteiger partial charge on any atom is 0.244 e. The molecule has 0 aliphatic heterocycles. The molecule has 0 atom stereocenters. The van der Waals surface area contributed by atoms with E-state index in [9.17, 15) is 4.79 Å². The van der Waals surface area contributed by atoms with Gasteiger partial charge >= 0.3 is 0 Å². The van der Waals surface area contributed by atoms with Gasteiger partial charge in [0.25, 0.3) is 0 Å². The van der Waals surface area contributed by atoms with E-state index in [2.05, 4.69) is 32.0 Å². The van der Waals surface area contributed by atoms with Gasteiger partial charge in [0.2, 0.25) is 5.91 Å². The van der Waals surface area contributed by atoms with E-state index in [4.69, 9.17) is 0 Å². The van der Waals surface area contributed by atoms with Crippen molar-refractivity contribution in [2.24, 2.45) is 0 Å². The number of rotatable bonds is 7. The predicted molar refractivity (Wildman–Crippen MR) is 100 cm³/mol. The second-order valence-corrected chi connectivity index (χ2v) is 6.68. The molecule has 1 N–H and O–H groups in total. The molecule has 3 rings (SSSR count). The SMILES string of the molecule is Cc1nc(/C=C/C(=O)NCCc2nccn2Cc2ccccc2)cs1. The van der Waals surface area contributed by atoms with Gasteiger partial charge in [-0.1, -0.05) is 30.3 Å². The van der Waals surface area contributed by atoms with Crippen molar-refractivity contribution >= 4 is 23.3 Å². The van der Waals surface area contributed by atoms with E-state index >= 15 is 0 Å². The number of thiazole rings is 1. The molecule has 6 heteroatoms. The van der Waals surface area contributed by atoms with Crippen molar-refractivity contribution in [2.75, 3.05) is 6.54 Å². The number of nitrogens with zero attached hydrogens (tertiary/aromatic N) is 3. The molecular weight excluding hydrogens is 332 g/mol. The third kappa shape index (κ3) is 5.12. The van der Waals surface area contributed by atoms with E-state index in [1.807, 2.05) is 36.7 Å². The lowest BCUT2D eigenvalue weighted by atomic mass is 10.2. The first kappa shape index (κ1) is 17.1. The van der Waals surface area contributed by atoms with Crippen LogP contribution in [0.4, 0.5) is 0 Å². The van der Waals surface area contributed by atoms with Crippen LogP contribution in [0, 0.1) is 6.92 Å². The maximum absolute atomic E-state index is 11.9. The van der Waals surface area contributed by atoms with Gasteiger partial charge < -0.3 is 9.88 Å². The van der Waals surface area contributed by atoms with Crippen LogP contribution < -0.4 is 5.32 Å². The van der Waals surface area contributed by atoms with Gasteiger partial charge in [-0.05, 0) is 18.6 Å². The molecule has 0 saturated carbocycles. The summed E-state index contributed by atoms with van der Waals surface area (Å²) in [5.41, 5.74) is 2.04. The normalized spacial score (nSPS) is 11.1. The summed E-state index contributed by atoms with van der Waals surface area (Å²) >= 11 is 1.57. The number of carbonyl (C=O) groups is 1.